The number of H-pyrrole nitrogens is 1. The summed E-state index contributed by atoms with van der Waals surface area (Å²) < 4.78 is 39.6. The van der Waals surface area contributed by atoms with Crippen molar-refractivity contribution in [3.05, 3.63) is 52.3 Å². The molecule has 0 amide bonds. The van der Waals surface area contributed by atoms with Gasteiger partial charge in [-0.15, -0.1) is 0 Å². The molecule has 1 atom stereocenters. The number of ether oxygens (including phenoxy) is 2. The molecule has 1 aromatic carbocycles. The summed E-state index contributed by atoms with van der Waals surface area (Å²) in [6.07, 6.45) is 3.55. The normalized spacial score (nSPS) is 16.6. The molecule has 2 aromatic rings. The summed E-state index contributed by atoms with van der Waals surface area (Å²) in [6, 6.07) is 7.13. The minimum absolute atomic E-state index is 0.131. The molecule has 0 bridgehead atoms. The fourth-order valence-corrected chi connectivity index (χ4v) is 5.58. The minimum Gasteiger partial charge on any atom is -0.461 e. The van der Waals surface area contributed by atoms with Gasteiger partial charge in [-0.3, -0.25) is 0 Å². The van der Waals surface area contributed by atoms with E-state index in [0.29, 0.717) is 17.9 Å². The van der Waals surface area contributed by atoms with Crippen LogP contribution in [0.5, 0.6) is 0 Å². The summed E-state index contributed by atoms with van der Waals surface area (Å²) in [5.41, 5.74) is 3.76. The van der Waals surface area contributed by atoms with E-state index in [1.54, 1.807) is 19.1 Å². The van der Waals surface area contributed by atoms with Crippen molar-refractivity contribution in [1.29, 1.82) is 0 Å². The maximum absolute atomic E-state index is 13.6. The Hall–Kier alpha value is -2.16. The Morgan fingerprint density at radius 3 is 2.53 bits per heavy atom. The van der Waals surface area contributed by atoms with Crippen LogP contribution >= 0.6 is 0 Å². The fraction of sp³-hybridized carbons (Fsp3) is 0.542. The first-order chi connectivity index (χ1) is 15.3. The Labute approximate surface area is 191 Å². The molecule has 0 aliphatic carbocycles. The number of hydrogen-bond acceptors (Lipinski definition) is 5. The molecule has 176 valence electrons. The van der Waals surface area contributed by atoms with E-state index < -0.39 is 16.0 Å². The second kappa shape index (κ2) is 10.6. The topological polar surface area (TPSA) is 88.7 Å². The number of aromatic nitrogens is 1. The van der Waals surface area contributed by atoms with Gasteiger partial charge in [0.1, 0.15) is 5.69 Å². The van der Waals surface area contributed by atoms with Crippen LogP contribution in [-0.4, -0.2) is 49.5 Å². The molecule has 0 saturated carbocycles. The summed E-state index contributed by atoms with van der Waals surface area (Å²) in [5.74, 6) is -0.431. The van der Waals surface area contributed by atoms with Crippen LogP contribution in [0.2, 0.25) is 0 Å². The highest BCUT2D eigenvalue weighted by Gasteiger charge is 2.31. The maximum atomic E-state index is 13.6. The number of carbonyl (C=O) groups is 1. The molecule has 1 aliphatic heterocycles. The number of benzene rings is 1. The van der Waals surface area contributed by atoms with Crippen molar-refractivity contribution in [3.63, 3.8) is 0 Å². The minimum atomic E-state index is -3.75. The summed E-state index contributed by atoms with van der Waals surface area (Å²) >= 11 is 0. The second-order valence-electron chi connectivity index (χ2n) is 8.28. The van der Waals surface area contributed by atoms with Crippen LogP contribution in [0.1, 0.15) is 66.0 Å². The molecule has 0 spiro atoms. The third-order valence-electron chi connectivity index (χ3n) is 5.94. The SMILES string of the molecule is CCCc1ccc(S(=O)(=O)N(Cc2c(C)[nH]c(C(=O)OCC)c2C)CC2CCCO2)cc1. The highest BCUT2D eigenvalue weighted by molar-refractivity contribution is 7.89. The average molecular weight is 463 g/mol. The van der Waals surface area contributed by atoms with Crippen molar-refractivity contribution in [2.75, 3.05) is 19.8 Å². The second-order valence-corrected chi connectivity index (χ2v) is 10.2. The number of esters is 1. The molecule has 32 heavy (non-hydrogen) atoms. The molecule has 0 radical (unpaired) electrons. The van der Waals surface area contributed by atoms with Crippen LogP contribution in [-0.2, 0) is 32.5 Å². The largest absolute Gasteiger partial charge is 0.461 e. The van der Waals surface area contributed by atoms with Crippen molar-refractivity contribution < 1.29 is 22.7 Å². The van der Waals surface area contributed by atoms with Gasteiger partial charge in [0.05, 0.1) is 17.6 Å². The van der Waals surface area contributed by atoms with Crippen molar-refractivity contribution in [2.24, 2.45) is 0 Å². The zero-order chi connectivity index (χ0) is 23.3. The average Bonchev–Trinajstić information content (AvgIpc) is 3.37. The molecule has 2 heterocycles. The van der Waals surface area contributed by atoms with E-state index in [9.17, 15) is 13.2 Å². The van der Waals surface area contributed by atoms with Crippen molar-refractivity contribution in [3.8, 4) is 0 Å². The number of rotatable bonds is 10. The summed E-state index contributed by atoms with van der Waals surface area (Å²) in [7, 11) is -3.75. The third-order valence-corrected chi connectivity index (χ3v) is 7.76. The van der Waals surface area contributed by atoms with Crippen molar-refractivity contribution in [2.45, 2.75) is 70.9 Å². The van der Waals surface area contributed by atoms with Gasteiger partial charge in [0.15, 0.2) is 0 Å². The Kier molecular flexibility index (Phi) is 8.14. The quantitative estimate of drug-likeness (QED) is 0.536. The van der Waals surface area contributed by atoms with Gasteiger partial charge in [0, 0.05) is 25.4 Å². The van der Waals surface area contributed by atoms with E-state index in [4.69, 9.17) is 9.47 Å². The van der Waals surface area contributed by atoms with Crippen LogP contribution in [0.4, 0.5) is 0 Å². The molecule has 1 unspecified atom stereocenters. The molecule has 7 nitrogen and oxygen atoms in total. The van der Waals surface area contributed by atoms with Gasteiger partial charge in [0.2, 0.25) is 10.0 Å². The molecule has 1 aliphatic rings. The number of aromatic amines is 1. The Balaban J connectivity index is 1.93. The molecule has 1 N–H and O–H groups in total. The first-order valence-electron chi connectivity index (χ1n) is 11.3. The molecular formula is C24H34N2O5S. The Morgan fingerprint density at radius 2 is 1.94 bits per heavy atom. The number of hydrogen-bond donors (Lipinski definition) is 1. The summed E-state index contributed by atoms with van der Waals surface area (Å²) in [5, 5.41) is 0. The third kappa shape index (κ3) is 5.42. The van der Waals surface area contributed by atoms with Gasteiger partial charge in [-0.2, -0.15) is 4.31 Å². The van der Waals surface area contributed by atoms with Gasteiger partial charge in [0.25, 0.3) is 0 Å². The molecule has 3 rings (SSSR count). The lowest BCUT2D eigenvalue weighted by atomic mass is 10.1. The van der Waals surface area contributed by atoms with E-state index in [0.717, 1.165) is 42.5 Å². The van der Waals surface area contributed by atoms with Gasteiger partial charge >= 0.3 is 5.97 Å². The summed E-state index contributed by atoms with van der Waals surface area (Å²) in [6.45, 7) is 8.89. The highest BCUT2D eigenvalue weighted by atomic mass is 32.2. The van der Waals surface area contributed by atoms with Crippen LogP contribution < -0.4 is 0 Å². The maximum Gasteiger partial charge on any atom is 0.355 e. The molecule has 1 saturated heterocycles. The van der Waals surface area contributed by atoms with Gasteiger partial charge in [-0.25, -0.2) is 13.2 Å². The number of carbonyl (C=O) groups excluding carboxylic acids is 1. The summed E-state index contributed by atoms with van der Waals surface area (Å²) in [4.78, 5) is 15.6. The predicted octanol–water partition coefficient (Wildman–Crippen LogP) is 4.13. The van der Waals surface area contributed by atoms with Crippen molar-refractivity contribution >= 4 is 16.0 Å². The zero-order valence-electron chi connectivity index (χ0n) is 19.4. The van der Waals surface area contributed by atoms with Crippen LogP contribution in [0.25, 0.3) is 0 Å². The highest BCUT2D eigenvalue weighted by Crippen LogP contribution is 2.26. The van der Waals surface area contributed by atoms with E-state index in [-0.39, 0.29) is 30.7 Å². The van der Waals surface area contributed by atoms with E-state index >= 15 is 0 Å². The number of sulfonamides is 1. The van der Waals surface area contributed by atoms with Gasteiger partial charge in [-0.05, 0) is 68.9 Å². The Morgan fingerprint density at radius 1 is 1.22 bits per heavy atom. The lowest BCUT2D eigenvalue weighted by Crippen LogP contribution is -2.37. The van der Waals surface area contributed by atoms with Crippen molar-refractivity contribution in [1.82, 2.24) is 9.29 Å². The first-order valence-corrected chi connectivity index (χ1v) is 12.8. The van der Waals surface area contributed by atoms with Crippen LogP contribution in [0.3, 0.4) is 0 Å². The first kappa shape index (κ1) is 24.5. The molecule has 8 heteroatoms. The monoisotopic (exact) mass is 462 g/mol. The lowest BCUT2D eigenvalue weighted by molar-refractivity contribution is 0.0519. The fourth-order valence-electron chi connectivity index (χ4n) is 4.14. The van der Waals surface area contributed by atoms with Gasteiger partial charge < -0.3 is 14.5 Å². The number of nitrogens with zero attached hydrogens (tertiary/aromatic N) is 1. The van der Waals surface area contributed by atoms with E-state index in [2.05, 4.69) is 11.9 Å². The van der Waals surface area contributed by atoms with Gasteiger partial charge in [-0.1, -0.05) is 25.5 Å². The van der Waals surface area contributed by atoms with Crippen LogP contribution in [0.15, 0.2) is 29.2 Å². The molecule has 1 aromatic heterocycles. The number of nitrogens with one attached hydrogen (secondary N) is 1. The molecule has 1 fully saturated rings. The van der Waals surface area contributed by atoms with E-state index in [1.165, 1.54) is 4.31 Å². The zero-order valence-corrected chi connectivity index (χ0v) is 20.3. The predicted molar refractivity (Wildman–Crippen MR) is 123 cm³/mol. The van der Waals surface area contributed by atoms with E-state index in [1.807, 2.05) is 26.0 Å². The standard InChI is InChI=1S/C24H34N2O5S/c1-5-8-19-10-12-21(13-11-19)32(28,29)26(15-20-9-7-14-31-20)16-22-17(3)23(25-18(22)4)24(27)30-6-2/h10-13,20,25H,5-9,14-16H2,1-4H3. The lowest BCUT2D eigenvalue weighted by Gasteiger charge is -2.25. The van der Waals surface area contributed by atoms with Crippen LogP contribution in [0, 0.1) is 13.8 Å². The Bertz CT molecular complexity index is 1020. The molecular weight excluding hydrogens is 428 g/mol. The smallest absolute Gasteiger partial charge is 0.355 e. The number of aryl methyl sites for hydroxylation is 2.